The van der Waals surface area contributed by atoms with Crippen molar-refractivity contribution in [2.75, 3.05) is 0 Å². The van der Waals surface area contributed by atoms with Crippen molar-refractivity contribution in [2.45, 2.75) is 103 Å². The minimum atomic E-state index is -0.660. The molecule has 1 aromatic rings. The van der Waals surface area contributed by atoms with Crippen molar-refractivity contribution in [3.8, 4) is 0 Å². The minimum absolute atomic E-state index is 0.000689. The van der Waals surface area contributed by atoms with Crippen molar-refractivity contribution in [1.82, 2.24) is 10.6 Å². The van der Waals surface area contributed by atoms with E-state index < -0.39 is 17.9 Å². The Hall–Kier alpha value is -3.28. The van der Waals surface area contributed by atoms with Gasteiger partial charge in [0.05, 0.1) is 6.04 Å². The van der Waals surface area contributed by atoms with E-state index in [0.29, 0.717) is 43.6 Å². The van der Waals surface area contributed by atoms with E-state index in [4.69, 9.17) is 0 Å². The zero-order chi connectivity index (χ0) is 32.3. The monoisotopic (exact) mass is 612 g/mol. The average molecular weight is 613 g/mol. The Kier molecular flexibility index (Phi) is 10.3. The summed E-state index contributed by atoms with van der Waals surface area (Å²) in [4.78, 5) is 55.2. The lowest BCUT2D eigenvalue weighted by atomic mass is 9.73. The van der Waals surface area contributed by atoms with E-state index in [-0.39, 0.29) is 59.0 Å². The van der Waals surface area contributed by atoms with E-state index in [1.54, 1.807) is 6.08 Å². The van der Waals surface area contributed by atoms with E-state index in [1.807, 2.05) is 18.2 Å². The summed E-state index contributed by atoms with van der Waals surface area (Å²) in [6.07, 6.45) is 12.2. The SMILES string of the molecule is C=CCCC(=O)C(=C)C(CCC=C)CC(=O)C1C(C(=O)C(NC(=O)NC2CCCC2)C2Cc3ccccc3C2)CC2C1C2(C)C. The first-order valence-corrected chi connectivity index (χ1v) is 17.2. The van der Waals surface area contributed by atoms with Gasteiger partial charge in [0, 0.05) is 30.7 Å². The number of ketones is 3. The molecular weight excluding hydrogens is 560 g/mol. The number of nitrogens with one attached hydrogen (secondary N) is 2. The van der Waals surface area contributed by atoms with Gasteiger partial charge >= 0.3 is 6.03 Å². The van der Waals surface area contributed by atoms with E-state index in [1.165, 1.54) is 11.1 Å². The molecular formula is C39H52N2O4. The molecule has 6 nitrogen and oxygen atoms in total. The fourth-order valence-corrected chi connectivity index (χ4v) is 8.98. The predicted molar refractivity (Wildman–Crippen MR) is 179 cm³/mol. The Balaban J connectivity index is 1.37. The van der Waals surface area contributed by atoms with E-state index in [0.717, 1.165) is 38.5 Å². The van der Waals surface area contributed by atoms with Crippen LogP contribution in [0.4, 0.5) is 4.79 Å². The molecule has 45 heavy (non-hydrogen) atoms. The van der Waals surface area contributed by atoms with Crippen LogP contribution in [0.5, 0.6) is 0 Å². The number of hydrogen-bond acceptors (Lipinski definition) is 4. The van der Waals surface area contributed by atoms with Gasteiger partial charge in [0.25, 0.3) is 0 Å². The first-order chi connectivity index (χ1) is 21.6. The third-order valence-corrected chi connectivity index (χ3v) is 11.6. The lowest BCUT2D eigenvalue weighted by Gasteiger charge is -2.32. The van der Waals surface area contributed by atoms with Crippen LogP contribution in [0, 0.1) is 40.9 Å². The maximum absolute atomic E-state index is 14.7. The highest BCUT2D eigenvalue weighted by Gasteiger charge is 2.69. The van der Waals surface area contributed by atoms with Gasteiger partial charge in [-0.15, -0.1) is 13.2 Å². The van der Waals surface area contributed by atoms with Crippen molar-refractivity contribution < 1.29 is 19.2 Å². The third kappa shape index (κ3) is 7.10. The molecule has 4 aliphatic carbocycles. The fourth-order valence-electron chi connectivity index (χ4n) is 8.98. The second kappa shape index (κ2) is 14.0. The minimum Gasteiger partial charge on any atom is -0.335 e. The Labute approximate surface area is 269 Å². The Morgan fingerprint density at radius 2 is 1.64 bits per heavy atom. The van der Waals surface area contributed by atoms with Crippen LogP contribution in [0.15, 0.2) is 61.7 Å². The van der Waals surface area contributed by atoms with Gasteiger partial charge in [0.1, 0.15) is 5.78 Å². The molecule has 0 aliphatic heterocycles. The first-order valence-electron chi connectivity index (χ1n) is 17.2. The summed E-state index contributed by atoms with van der Waals surface area (Å²) in [5, 5.41) is 6.26. The fraction of sp³-hybridized carbons (Fsp3) is 0.590. The predicted octanol–water partition coefficient (Wildman–Crippen LogP) is 7.12. The molecule has 3 fully saturated rings. The highest BCUT2D eigenvalue weighted by molar-refractivity contribution is 5.98. The maximum atomic E-state index is 14.7. The molecule has 6 unspecified atom stereocenters. The number of fused-ring (bicyclic) bond motifs is 2. The normalized spacial score (nSPS) is 26.3. The lowest BCUT2D eigenvalue weighted by Crippen LogP contribution is -2.54. The van der Waals surface area contributed by atoms with Crippen LogP contribution < -0.4 is 10.6 Å². The number of carbonyl (C=O) groups is 4. The zero-order valence-corrected chi connectivity index (χ0v) is 27.3. The van der Waals surface area contributed by atoms with Crippen molar-refractivity contribution >= 4 is 23.4 Å². The summed E-state index contributed by atoms with van der Waals surface area (Å²) in [6.45, 7) is 16.1. The lowest BCUT2D eigenvalue weighted by molar-refractivity contribution is -0.135. The molecule has 3 saturated carbocycles. The number of carbonyl (C=O) groups excluding carboxylic acids is 4. The highest BCUT2D eigenvalue weighted by Crippen LogP contribution is 2.71. The second-order valence-electron chi connectivity index (χ2n) is 14.7. The molecule has 0 spiro atoms. The van der Waals surface area contributed by atoms with E-state index in [9.17, 15) is 19.2 Å². The molecule has 6 atom stereocenters. The number of urea groups is 1. The molecule has 0 aromatic heterocycles. The van der Waals surface area contributed by atoms with Gasteiger partial charge in [0.2, 0.25) is 0 Å². The van der Waals surface area contributed by atoms with Crippen LogP contribution in [0.2, 0.25) is 0 Å². The van der Waals surface area contributed by atoms with Crippen LogP contribution >= 0.6 is 0 Å². The molecule has 0 heterocycles. The van der Waals surface area contributed by atoms with Crippen LogP contribution in [0.3, 0.4) is 0 Å². The van der Waals surface area contributed by atoms with Crippen molar-refractivity contribution in [1.29, 1.82) is 0 Å². The molecule has 2 N–H and O–H groups in total. The number of amides is 2. The van der Waals surface area contributed by atoms with E-state index in [2.05, 4.69) is 56.4 Å². The summed E-state index contributed by atoms with van der Waals surface area (Å²) >= 11 is 0. The summed E-state index contributed by atoms with van der Waals surface area (Å²) in [7, 11) is 0. The van der Waals surface area contributed by atoms with Gasteiger partial charge in [-0.05, 0) is 97.2 Å². The first kappa shape index (κ1) is 33.1. The molecule has 1 aromatic carbocycles. The van der Waals surface area contributed by atoms with Gasteiger partial charge in [0.15, 0.2) is 11.6 Å². The number of benzene rings is 1. The van der Waals surface area contributed by atoms with Gasteiger partial charge in [-0.2, -0.15) is 0 Å². The van der Waals surface area contributed by atoms with Gasteiger partial charge < -0.3 is 10.6 Å². The van der Waals surface area contributed by atoms with Gasteiger partial charge in [-0.3, -0.25) is 14.4 Å². The topological polar surface area (TPSA) is 92.3 Å². The molecule has 242 valence electrons. The van der Waals surface area contributed by atoms with Gasteiger partial charge in [-0.1, -0.05) is 69.7 Å². The van der Waals surface area contributed by atoms with Crippen LogP contribution in [0.1, 0.15) is 89.2 Å². The van der Waals surface area contributed by atoms with Crippen LogP contribution in [-0.2, 0) is 27.2 Å². The number of Topliss-reactive ketones (excluding diaryl/α,β-unsaturated/α-hetero) is 3. The van der Waals surface area contributed by atoms with Crippen molar-refractivity contribution in [3.63, 3.8) is 0 Å². The Morgan fingerprint density at radius 1 is 1.00 bits per heavy atom. The van der Waals surface area contributed by atoms with Crippen molar-refractivity contribution in [3.05, 3.63) is 72.9 Å². The summed E-state index contributed by atoms with van der Waals surface area (Å²) in [5.74, 6) is -0.709. The average Bonchev–Trinajstić information content (AvgIpc) is 3.59. The standard InChI is InChI=1S/C39H52N2O4/c1-6-8-14-25(24(3)32(42)19-9-7-2)22-33(43)34-30(23-31-35(34)39(31,4)5)37(44)36(41-38(45)40-29-17-12-13-18-29)28-20-26-15-10-11-16-27(26)21-28/h6-7,10-11,15-16,25,28-31,34-36H,1-3,8-9,12-14,17-23H2,4-5H3,(H2,40,41,45). The van der Waals surface area contributed by atoms with Crippen LogP contribution in [0.25, 0.3) is 0 Å². The molecule has 5 rings (SSSR count). The molecule has 0 saturated heterocycles. The summed E-state index contributed by atoms with van der Waals surface area (Å²) in [6, 6.07) is 7.48. The molecule has 6 heteroatoms. The quantitative estimate of drug-likeness (QED) is 0.154. The third-order valence-electron chi connectivity index (χ3n) is 11.6. The highest BCUT2D eigenvalue weighted by atomic mass is 16.2. The second-order valence-corrected chi connectivity index (χ2v) is 14.7. The Morgan fingerprint density at radius 3 is 2.27 bits per heavy atom. The summed E-state index contributed by atoms with van der Waals surface area (Å²) in [5.41, 5.74) is 2.94. The largest absolute Gasteiger partial charge is 0.335 e. The maximum Gasteiger partial charge on any atom is 0.315 e. The van der Waals surface area contributed by atoms with Gasteiger partial charge in [-0.25, -0.2) is 4.79 Å². The summed E-state index contributed by atoms with van der Waals surface area (Å²) < 4.78 is 0. The smallest absolute Gasteiger partial charge is 0.315 e. The molecule has 2 amide bonds. The molecule has 0 bridgehead atoms. The molecule has 4 aliphatic rings. The van der Waals surface area contributed by atoms with Crippen LogP contribution in [-0.4, -0.2) is 35.5 Å². The Bertz CT molecular complexity index is 1310. The number of allylic oxidation sites excluding steroid dienone is 3. The van der Waals surface area contributed by atoms with E-state index >= 15 is 0 Å². The van der Waals surface area contributed by atoms with Crippen molar-refractivity contribution in [2.24, 2.45) is 40.9 Å². The number of rotatable bonds is 16. The zero-order valence-electron chi connectivity index (χ0n) is 27.3. The molecule has 0 radical (unpaired) electrons. The number of hydrogen-bond donors (Lipinski definition) is 2.